The Morgan fingerprint density at radius 3 is 2.42 bits per heavy atom. The van der Waals surface area contributed by atoms with E-state index in [1.54, 1.807) is 0 Å². The molecule has 2 N–H and O–H groups in total. The third kappa shape index (κ3) is 4.50. The van der Waals surface area contributed by atoms with E-state index in [0.717, 1.165) is 58.1 Å². The first-order chi connectivity index (χ1) is 12.3. The van der Waals surface area contributed by atoms with Crippen LogP contribution in [0.4, 0.5) is 5.69 Å². The summed E-state index contributed by atoms with van der Waals surface area (Å²) in [6.45, 7) is 3.34. The minimum atomic E-state index is -4.01. The smallest absolute Gasteiger partial charge is 0.312 e. The van der Waals surface area contributed by atoms with E-state index >= 15 is 0 Å². The molecule has 1 aromatic rings. The largest absolute Gasteiger partial charge is 0.483 e. The third-order valence-electron chi connectivity index (χ3n) is 4.93. The lowest BCUT2D eigenvalue weighted by molar-refractivity contribution is -0.386. The van der Waals surface area contributed by atoms with Crippen LogP contribution in [0.2, 0.25) is 0 Å². The second-order valence-electron chi connectivity index (χ2n) is 6.63. The van der Waals surface area contributed by atoms with Gasteiger partial charge in [0.15, 0.2) is 5.75 Å². The Balaban J connectivity index is 1.65. The van der Waals surface area contributed by atoms with Crippen LogP contribution in [0.3, 0.4) is 0 Å². The van der Waals surface area contributed by atoms with Gasteiger partial charge in [-0.3, -0.25) is 15.0 Å². The zero-order valence-electron chi connectivity index (χ0n) is 14.4. The highest BCUT2D eigenvalue weighted by Crippen LogP contribution is 2.32. The first kappa shape index (κ1) is 19.0. The van der Waals surface area contributed by atoms with E-state index in [-0.39, 0.29) is 22.4 Å². The van der Waals surface area contributed by atoms with Gasteiger partial charge in [0.25, 0.3) is 0 Å². The van der Waals surface area contributed by atoms with Gasteiger partial charge >= 0.3 is 5.69 Å². The number of piperidine rings is 1. The number of hydrogen-bond acceptors (Lipinski definition) is 7. The van der Waals surface area contributed by atoms with Crippen molar-refractivity contribution in [1.29, 1.82) is 0 Å². The fourth-order valence-corrected chi connectivity index (χ4v) is 4.04. The van der Waals surface area contributed by atoms with Crippen LogP contribution in [0, 0.1) is 10.1 Å². The molecule has 1 aromatic carbocycles. The molecule has 26 heavy (non-hydrogen) atoms. The quantitative estimate of drug-likeness (QED) is 0.597. The molecule has 0 atom stereocenters. The van der Waals surface area contributed by atoms with E-state index < -0.39 is 14.9 Å². The summed E-state index contributed by atoms with van der Waals surface area (Å²) >= 11 is 0. The molecule has 10 heteroatoms. The van der Waals surface area contributed by atoms with Crippen LogP contribution in [-0.2, 0) is 14.8 Å². The lowest BCUT2D eigenvalue weighted by Gasteiger charge is -2.39. The molecule has 2 fully saturated rings. The monoisotopic (exact) mass is 385 g/mol. The molecule has 2 aliphatic heterocycles. The van der Waals surface area contributed by atoms with Crippen molar-refractivity contribution >= 4 is 15.7 Å². The van der Waals surface area contributed by atoms with E-state index in [1.165, 1.54) is 12.1 Å². The van der Waals surface area contributed by atoms with E-state index in [4.69, 9.17) is 14.6 Å². The minimum Gasteiger partial charge on any atom is -0.483 e. The number of sulfonamides is 1. The average molecular weight is 385 g/mol. The van der Waals surface area contributed by atoms with Gasteiger partial charge in [-0.2, -0.15) is 0 Å². The summed E-state index contributed by atoms with van der Waals surface area (Å²) in [5.74, 6) is 0.0758. The fraction of sp³-hybridized carbons (Fsp3) is 0.625. The van der Waals surface area contributed by atoms with Gasteiger partial charge in [-0.05, 0) is 37.8 Å². The molecule has 0 aromatic heterocycles. The van der Waals surface area contributed by atoms with Gasteiger partial charge in [0.1, 0.15) is 6.10 Å². The van der Waals surface area contributed by atoms with Crippen LogP contribution in [-0.4, -0.2) is 56.7 Å². The van der Waals surface area contributed by atoms with E-state index in [9.17, 15) is 18.5 Å². The summed E-state index contributed by atoms with van der Waals surface area (Å²) in [6, 6.07) is 4.02. The summed E-state index contributed by atoms with van der Waals surface area (Å²) in [6.07, 6.45) is 3.47. The van der Waals surface area contributed by atoms with E-state index in [0.29, 0.717) is 6.04 Å². The van der Waals surface area contributed by atoms with Crippen LogP contribution < -0.4 is 9.88 Å². The topological polar surface area (TPSA) is 125 Å². The van der Waals surface area contributed by atoms with Gasteiger partial charge in [-0.25, -0.2) is 13.6 Å². The summed E-state index contributed by atoms with van der Waals surface area (Å²) in [5.41, 5.74) is -0.386. The normalized spacial score (nSPS) is 20.8. The average Bonchev–Trinajstić information content (AvgIpc) is 2.62. The molecule has 0 bridgehead atoms. The van der Waals surface area contributed by atoms with Crippen LogP contribution in [0.15, 0.2) is 23.1 Å². The minimum absolute atomic E-state index is 0.0758. The Morgan fingerprint density at radius 2 is 1.85 bits per heavy atom. The van der Waals surface area contributed by atoms with Crippen LogP contribution in [0.1, 0.15) is 25.7 Å². The van der Waals surface area contributed by atoms with Crippen LogP contribution in [0.25, 0.3) is 0 Å². The van der Waals surface area contributed by atoms with Gasteiger partial charge in [-0.15, -0.1) is 0 Å². The van der Waals surface area contributed by atoms with Crippen molar-refractivity contribution in [1.82, 2.24) is 4.90 Å². The second-order valence-corrected chi connectivity index (χ2v) is 8.19. The molecule has 0 amide bonds. The second kappa shape index (κ2) is 7.87. The molecule has 0 aliphatic carbocycles. The maximum absolute atomic E-state index is 11.4. The van der Waals surface area contributed by atoms with Crippen LogP contribution in [0.5, 0.6) is 5.75 Å². The van der Waals surface area contributed by atoms with Crippen molar-refractivity contribution in [2.75, 3.05) is 26.3 Å². The summed E-state index contributed by atoms with van der Waals surface area (Å²) in [7, 11) is -4.01. The number of nitrogens with zero attached hydrogens (tertiary/aromatic N) is 2. The highest BCUT2D eigenvalue weighted by molar-refractivity contribution is 7.89. The van der Waals surface area contributed by atoms with Crippen molar-refractivity contribution in [2.24, 2.45) is 5.14 Å². The molecule has 2 heterocycles. The van der Waals surface area contributed by atoms with Crippen molar-refractivity contribution in [3.8, 4) is 5.75 Å². The van der Waals surface area contributed by atoms with Gasteiger partial charge in [0, 0.05) is 38.4 Å². The Morgan fingerprint density at radius 1 is 1.19 bits per heavy atom. The number of rotatable bonds is 5. The molecule has 0 saturated carbocycles. The first-order valence-electron chi connectivity index (χ1n) is 8.64. The Bertz CT molecular complexity index is 755. The molecular weight excluding hydrogens is 362 g/mol. The Labute approximate surface area is 152 Å². The summed E-state index contributed by atoms with van der Waals surface area (Å²) < 4.78 is 34.0. The number of ether oxygens (including phenoxy) is 2. The van der Waals surface area contributed by atoms with Gasteiger partial charge in [0.05, 0.1) is 9.82 Å². The van der Waals surface area contributed by atoms with Gasteiger partial charge in [-0.1, -0.05) is 0 Å². The van der Waals surface area contributed by atoms with E-state index in [2.05, 4.69) is 4.90 Å². The SMILES string of the molecule is NS(=O)(=O)c1ccc(OC2CCN(C3CCOCC3)CC2)c([N+](=O)[O-])c1. The number of nitro groups is 1. The first-order valence-corrected chi connectivity index (χ1v) is 10.2. The van der Waals surface area contributed by atoms with Gasteiger partial charge < -0.3 is 9.47 Å². The number of benzene rings is 1. The molecule has 0 radical (unpaired) electrons. The predicted octanol–water partition coefficient (Wildman–Crippen LogP) is 1.26. The maximum Gasteiger partial charge on any atom is 0.312 e. The lowest BCUT2D eigenvalue weighted by atomic mass is 10.0. The molecular formula is C16H23N3O6S. The predicted molar refractivity (Wildman–Crippen MR) is 93.5 cm³/mol. The van der Waals surface area contributed by atoms with Crippen molar-refractivity contribution < 1.29 is 22.8 Å². The standard InChI is InChI=1S/C16H23N3O6S/c17-26(22,23)14-1-2-16(15(11-14)19(20)21)25-13-3-7-18(8-4-13)12-5-9-24-10-6-12/h1-2,11-13H,3-10H2,(H2,17,22,23). The van der Waals surface area contributed by atoms with Crippen molar-refractivity contribution in [2.45, 2.75) is 42.7 Å². The maximum atomic E-state index is 11.4. The number of primary sulfonamides is 1. The summed E-state index contributed by atoms with van der Waals surface area (Å²) in [5, 5.41) is 16.3. The molecule has 9 nitrogen and oxygen atoms in total. The summed E-state index contributed by atoms with van der Waals surface area (Å²) in [4.78, 5) is 12.8. The number of likely N-dealkylation sites (tertiary alicyclic amines) is 1. The van der Waals surface area contributed by atoms with E-state index in [1.807, 2.05) is 0 Å². The Kier molecular flexibility index (Phi) is 5.76. The number of nitro benzene ring substituents is 1. The fourth-order valence-electron chi connectivity index (χ4n) is 3.51. The molecule has 3 rings (SSSR count). The lowest BCUT2D eigenvalue weighted by Crippen LogP contribution is -2.46. The molecule has 0 unspecified atom stereocenters. The molecule has 2 aliphatic rings. The highest BCUT2D eigenvalue weighted by atomic mass is 32.2. The van der Waals surface area contributed by atoms with Crippen LogP contribution >= 0.6 is 0 Å². The third-order valence-corrected chi connectivity index (χ3v) is 5.84. The Hall–Kier alpha value is -1.75. The zero-order valence-corrected chi connectivity index (χ0v) is 15.2. The van der Waals surface area contributed by atoms with Crippen molar-refractivity contribution in [3.05, 3.63) is 28.3 Å². The zero-order chi connectivity index (χ0) is 18.7. The molecule has 144 valence electrons. The highest BCUT2D eigenvalue weighted by Gasteiger charge is 2.29. The number of hydrogen-bond donors (Lipinski definition) is 1. The van der Waals surface area contributed by atoms with Gasteiger partial charge in [0.2, 0.25) is 10.0 Å². The molecule has 2 saturated heterocycles. The molecule has 0 spiro atoms. The number of nitrogens with two attached hydrogens (primary N) is 1. The van der Waals surface area contributed by atoms with Crippen molar-refractivity contribution in [3.63, 3.8) is 0 Å².